The topological polar surface area (TPSA) is 77.0 Å². The SMILES string of the molecule is CN=C(NCCCOCC1CCOCC1)NCc1ccnc(OCc2ccccc2)c1. The van der Waals surface area contributed by atoms with Crippen molar-refractivity contribution in [3.63, 3.8) is 0 Å². The highest BCUT2D eigenvalue weighted by atomic mass is 16.5. The van der Waals surface area contributed by atoms with Gasteiger partial charge in [-0.1, -0.05) is 30.3 Å². The van der Waals surface area contributed by atoms with E-state index in [4.69, 9.17) is 14.2 Å². The van der Waals surface area contributed by atoms with Crippen LogP contribution in [-0.2, 0) is 22.6 Å². The van der Waals surface area contributed by atoms with Crippen molar-refractivity contribution in [1.82, 2.24) is 15.6 Å². The molecule has 1 aliphatic rings. The van der Waals surface area contributed by atoms with Crippen LogP contribution < -0.4 is 15.4 Å². The van der Waals surface area contributed by atoms with Gasteiger partial charge in [0, 0.05) is 58.8 Å². The van der Waals surface area contributed by atoms with Gasteiger partial charge in [0.25, 0.3) is 0 Å². The van der Waals surface area contributed by atoms with E-state index in [1.165, 1.54) is 0 Å². The summed E-state index contributed by atoms with van der Waals surface area (Å²) in [6.07, 6.45) is 4.94. The smallest absolute Gasteiger partial charge is 0.213 e. The van der Waals surface area contributed by atoms with Crippen LogP contribution in [0, 0.1) is 5.92 Å². The van der Waals surface area contributed by atoms with Crippen LogP contribution >= 0.6 is 0 Å². The number of nitrogens with one attached hydrogen (secondary N) is 2. The zero-order chi connectivity index (χ0) is 21.6. The van der Waals surface area contributed by atoms with Crippen LogP contribution in [0.25, 0.3) is 0 Å². The van der Waals surface area contributed by atoms with E-state index >= 15 is 0 Å². The highest BCUT2D eigenvalue weighted by Crippen LogP contribution is 2.14. The quantitative estimate of drug-likeness (QED) is 0.327. The highest BCUT2D eigenvalue weighted by molar-refractivity contribution is 5.79. The first-order valence-electron chi connectivity index (χ1n) is 11.0. The predicted octanol–water partition coefficient (Wildman–Crippen LogP) is 3.16. The number of aromatic nitrogens is 1. The summed E-state index contributed by atoms with van der Waals surface area (Å²) in [5.74, 6) is 2.04. The molecule has 0 bridgehead atoms. The fraction of sp³-hybridized carbons (Fsp3) is 0.500. The second-order valence-electron chi connectivity index (χ2n) is 7.61. The Morgan fingerprint density at radius 3 is 2.77 bits per heavy atom. The predicted molar refractivity (Wildman–Crippen MR) is 122 cm³/mol. The van der Waals surface area contributed by atoms with Gasteiger partial charge in [0.2, 0.25) is 5.88 Å². The molecule has 1 aromatic heterocycles. The van der Waals surface area contributed by atoms with Crippen molar-refractivity contribution in [2.24, 2.45) is 10.9 Å². The van der Waals surface area contributed by atoms with Gasteiger partial charge in [0.15, 0.2) is 5.96 Å². The largest absolute Gasteiger partial charge is 0.473 e. The monoisotopic (exact) mass is 426 g/mol. The summed E-state index contributed by atoms with van der Waals surface area (Å²) in [5.41, 5.74) is 2.20. The van der Waals surface area contributed by atoms with E-state index in [1.54, 1.807) is 13.2 Å². The zero-order valence-electron chi connectivity index (χ0n) is 18.4. The minimum atomic E-state index is 0.505. The molecule has 3 rings (SSSR count). The van der Waals surface area contributed by atoms with Gasteiger partial charge in [-0.05, 0) is 42.4 Å². The molecule has 0 aliphatic carbocycles. The number of guanidine groups is 1. The molecule has 7 heteroatoms. The molecule has 1 aromatic carbocycles. The van der Waals surface area contributed by atoms with Crippen LogP contribution in [0.4, 0.5) is 0 Å². The molecule has 0 amide bonds. The van der Waals surface area contributed by atoms with Gasteiger partial charge < -0.3 is 24.8 Å². The summed E-state index contributed by atoms with van der Waals surface area (Å²) >= 11 is 0. The second kappa shape index (κ2) is 13.6. The lowest BCUT2D eigenvalue weighted by Gasteiger charge is -2.21. The number of hydrogen-bond donors (Lipinski definition) is 2. The number of hydrogen-bond acceptors (Lipinski definition) is 5. The van der Waals surface area contributed by atoms with Crippen molar-refractivity contribution in [3.05, 3.63) is 59.8 Å². The average Bonchev–Trinajstić information content (AvgIpc) is 2.83. The number of nitrogens with zero attached hydrogens (tertiary/aromatic N) is 2. The molecule has 1 fully saturated rings. The number of pyridine rings is 1. The summed E-state index contributed by atoms with van der Waals surface area (Å²) in [6, 6.07) is 14.0. The van der Waals surface area contributed by atoms with Crippen LogP contribution in [0.3, 0.4) is 0 Å². The van der Waals surface area contributed by atoms with Crippen molar-refractivity contribution in [3.8, 4) is 5.88 Å². The van der Waals surface area contributed by atoms with Gasteiger partial charge in [-0.25, -0.2) is 4.98 Å². The molecule has 7 nitrogen and oxygen atoms in total. The van der Waals surface area contributed by atoms with Crippen molar-refractivity contribution < 1.29 is 14.2 Å². The van der Waals surface area contributed by atoms with E-state index in [-0.39, 0.29) is 0 Å². The Hall–Kier alpha value is -2.64. The molecule has 2 N–H and O–H groups in total. The molecule has 0 radical (unpaired) electrons. The van der Waals surface area contributed by atoms with Crippen LogP contribution in [0.1, 0.15) is 30.4 Å². The summed E-state index contributed by atoms with van der Waals surface area (Å²) in [6.45, 7) is 5.30. The van der Waals surface area contributed by atoms with Gasteiger partial charge >= 0.3 is 0 Å². The lowest BCUT2D eigenvalue weighted by atomic mass is 10.0. The van der Waals surface area contributed by atoms with Gasteiger partial charge in [-0.15, -0.1) is 0 Å². The van der Waals surface area contributed by atoms with Gasteiger partial charge in [0.1, 0.15) is 6.61 Å². The molecular weight excluding hydrogens is 392 g/mol. The van der Waals surface area contributed by atoms with E-state index in [0.717, 1.165) is 69.3 Å². The molecule has 0 spiro atoms. The third kappa shape index (κ3) is 8.94. The Morgan fingerprint density at radius 2 is 1.97 bits per heavy atom. The molecule has 1 saturated heterocycles. The standard InChI is InChI=1S/C24H34N4O3/c1-25-24(27-11-5-13-30-18-21-9-14-29-15-10-21)28-17-22-8-12-26-23(16-22)31-19-20-6-3-2-4-7-20/h2-4,6-8,12,16,21H,5,9-11,13-15,17-19H2,1H3,(H2,25,27,28). The molecule has 0 saturated carbocycles. The normalized spacial score (nSPS) is 14.9. The summed E-state index contributed by atoms with van der Waals surface area (Å²) in [4.78, 5) is 8.58. The Morgan fingerprint density at radius 1 is 1.13 bits per heavy atom. The fourth-order valence-electron chi connectivity index (χ4n) is 3.32. The Bertz CT molecular complexity index is 779. The Balaban J connectivity index is 1.30. The average molecular weight is 427 g/mol. The molecule has 0 atom stereocenters. The van der Waals surface area contributed by atoms with Gasteiger partial charge in [-0.2, -0.15) is 0 Å². The van der Waals surface area contributed by atoms with E-state index in [9.17, 15) is 0 Å². The maximum absolute atomic E-state index is 5.81. The minimum absolute atomic E-state index is 0.505. The Kier molecular flexibility index (Phi) is 10.1. The van der Waals surface area contributed by atoms with E-state index in [2.05, 4.69) is 20.6 Å². The van der Waals surface area contributed by atoms with Gasteiger partial charge in [0.05, 0.1) is 0 Å². The van der Waals surface area contributed by atoms with Crippen LogP contribution in [0.15, 0.2) is 53.7 Å². The molecule has 2 aromatic rings. The summed E-state index contributed by atoms with van der Waals surface area (Å²) in [7, 11) is 1.78. The van der Waals surface area contributed by atoms with E-state index < -0.39 is 0 Å². The lowest BCUT2D eigenvalue weighted by Crippen LogP contribution is -2.37. The first-order valence-corrected chi connectivity index (χ1v) is 11.0. The molecule has 168 valence electrons. The minimum Gasteiger partial charge on any atom is -0.473 e. The zero-order valence-corrected chi connectivity index (χ0v) is 18.4. The lowest BCUT2D eigenvalue weighted by molar-refractivity contribution is 0.0203. The first kappa shape index (κ1) is 23.0. The van der Waals surface area contributed by atoms with Crippen molar-refractivity contribution in [1.29, 1.82) is 0 Å². The van der Waals surface area contributed by atoms with E-state index in [1.807, 2.05) is 42.5 Å². The number of rotatable bonds is 11. The number of benzene rings is 1. The number of ether oxygens (including phenoxy) is 3. The molecular formula is C24H34N4O3. The van der Waals surface area contributed by atoms with Crippen molar-refractivity contribution in [2.45, 2.75) is 32.4 Å². The Labute approximate surface area is 185 Å². The third-order valence-corrected chi connectivity index (χ3v) is 5.16. The van der Waals surface area contributed by atoms with Crippen LogP contribution in [-0.4, -0.2) is 51.0 Å². The number of aliphatic imine (C=N–C) groups is 1. The fourth-order valence-corrected chi connectivity index (χ4v) is 3.32. The maximum Gasteiger partial charge on any atom is 0.213 e. The van der Waals surface area contributed by atoms with Crippen molar-refractivity contribution in [2.75, 3.05) is 40.0 Å². The maximum atomic E-state index is 5.81. The third-order valence-electron chi connectivity index (χ3n) is 5.16. The van der Waals surface area contributed by atoms with Gasteiger partial charge in [-0.3, -0.25) is 4.99 Å². The van der Waals surface area contributed by atoms with Crippen molar-refractivity contribution >= 4 is 5.96 Å². The molecule has 1 aliphatic heterocycles. The van der Waals surface area contributed by atoms with Crippen LogP contribution in [0.2, 0.25) is 0 Å². The summed E-state index contributed by atoms with van der Waals surface area (Å²) < 4.78 is 17.0. The summed E-state index contributed by atoms with van der Waals surface area (Å²) in [5, 5.41) is 6.66. The van der Waals surface area contributed by atoms with E-state index in [0.29, 0.717) is 24.9 Å². The second-order valence-corrected chi connectivity index (χ2v) is 7.61. The first-order chi connectivity index (χ1) is 15.3. The molecule has 0 unspecified atom stereocenters. The highest BCUT2D eigenvalue weighted by Gasteiger charge is 2.13. The molecule has 31 heavy (non-hydrogen) atoms. The van der Waals surface area contributed by atoms with Crippen LogP contribution in [0.5, 0.6) is 5.88 Å². The molecule has 2 heterocycles.